The van der Waals surface area contributed by atoms with Gasteiger partial charge in [0, 0.05) is 29.1 Å². The highest BCUT2D eigenvalue weighted by molar-refractivity contribution is 5.91. The molecule has 3 atom stereocenters. The minimum Gasteiger partial charge on any atom is -0.303 e. The maximum absolute atomic E-state index is 9.97. The van der Waals surface area contributed by atoms with Gasteiger partial charge in [-0.25, -0.2) is 0 Å². The molecule has 1 saturated heterocycles. The highest BCUT2D eigenvalue weighted by atomic mass is 15.3. The first kappa shape index (κ1) is 16.1. The molecule has 0 N–H and O–H groups in total. The summed E-state index contributed by atoms with van der Waals surface area (Å²) in [6.07, 6.45) is 9.58. The van der Waals surface area contributed by atoms with Crippen LogP contribution in [-0.4, -0.2) is 22.1 Å². The summed E-state index contributed by atoms with van der Waals surface area (Å²) in [5.41, 5.74) is 5.11. The Balaban J connectivity index is 1.81. The Morgan fingerprint density at radius 2 is 2.12 bits per heavy atom. The molecule has 3 nitrogen and oxygen atoms in total. The Bertz CT molecular complexity index is 944. The normalized spacial score (nSPS) is 30.0. The number of nitrogens with zero attached hydrogens (tertiary/aromatic N) is 3. The highest BCUT2D eigenvalue weighted by Crippen LogP contribution is 2.58. The Labute approximate surface area is 155 Å². The van der Waals surface area contributed by atoms with Gasteiger partial charge in [0.05, 0.1) is 11.6 Å². The van der Waals surface area contributed by atoms with Crippen molar-refractivity contribution in [2.24, 2.45) is 5.41 Å². The quantitative estimate of drug-likeness (QED) is 0.758. The zero-order valence-corrected chi connectivity index (χ0v) is 15.8. The number of aromatic nitrogens is 1. The summed E-state index contributed by atoms with van der Waals surface area (Å²) < 4.78 is 2.30. The molecule has 1 unspecified atom stereocenters. The van der Waals surface area contributed by atoms with Crippen LogP contribution < -0.4 is 0 Å². The average molecular weight is 345 g/mol. The molecule has 0 aliphatic carbocycles. The van der Waals surface area contributed by atoms with Gasteiger partial charge in [0.1, 0.15) is 11.8 Å². The largest absolute Gasteiger partial charge is 0.303 e. The van der Waals surface area contributed by atoms with Crippen molar-refractivity contribution in [1.82, 2.24) is 9.47 Å². The summed E-state index contributed by atoms with van der Waals surface area (Å²) in [5, 5.41) is 11.3. The van der Waals surface area contributed by atoms with Crippen LogP contribution in [0.3, 0.4) is 0 Å². The third kappa shape index (κ3) is 1.91. The first-order valence-electron chi connectivity index (χ1n) is 10.3. The smallest absolute Gasteiger partial charge is 0.121 e. The SMILES string of the molecule is CCCC1CC[C@@]2(CC)C=C(C#N)n3c4c(c5ccccc53)CCN1[C@H]42. The van der Waals surface area contributed by atoms with E-state index in [0.29, 0.717) is 12.1 Å². The number of rotatable bonds is 3. The lowest BCUT2D eigenvalue weighted by Gasteiger charge is -2.56. The van der Waals surface area contributed by atoms with E-state index in [9.17, 15) is 5.26 Å². The Morgan fingerprint density at radius 3 is 2.88 bits per heavy atom. The molecule has 26 heavy (non-hydrogen) atoms. The van der Waals surface area contributed by atoms with Crippen LogP contribution in [-0.2, 0) is 6.42 Å². The van der Waals surface area contributed by atoms with Crippen molar-refractivity contribution in [1.29, 1.82) is 5.26 Å². The van der Waals surface area contributed by atoms with Crippen LogP contribution in [0.25, 0.3) is 16.6 Å². The van der Waals surface area contributed by atoms with E-state index in [4.69, 9.17) is 0 Å². The molecule has 3 heteroatoms. The lowest BCUT2D eigenvalue weighted by atomic mass is 9.64. The lowest BCUT2D eigenvalue weighted by molar-refractivity contribution is -0.0187. The minimum atomic E-state index is 0.120. The molecule has 1 aromatic carbocycles. The molecule has 134 valence electrons. The van der Waals surface area contributed by atoms with E-state index in [-0.39, 0.29) is 5.41 Å². The predicted octanol–water partition coefficient (Wildman–Crippen LogP) is 5.28. The first-order chi connectivity index (χ1) is 12.7. The van der Waals surface area contributed by atoms with Gasteiger partial charge in [-0.05, 0) is 49.8 Å². The molecule has 1 aromatic heterocycles. The fourth-order valence-corrected chi connectivity index (χ4v) is 6.08. The van der Waals surface area contributed by atoms with E-state index in [1.54, 1.807) is 0 Å². The number of fused-ring (bicyclic) bond motifs is 3. The predicted molar refractivity (Wildman–Crippen MR) is 106 cm³/mol. The van der Waals surface area contributed by atoms with Crippen molar-refractivity contribution >= 4 is 16.6 Å². The molecule has 1 fully saturated rings. The van der Waals surface area contributed by atoms with Crippen LogP contribution in [0.5, 0.6) is 0 Å². The molecular weight excluding hydrogens is 318 g/mol. The number of nitriles is 1. The second kappa shape index (κ2) is 5.72. The van der Waals surface area contributed by atoms with E-state index in [2.05, 4.69) is 59.7 Å². The number of hydrogen-bond acceptors (Lipinski definition) is 2. The van der Waals surface area contributed by atoms with Crippen molar-refractivity contribution < 1.29 is 0 Å². The number of benzene rings is 1. The van der Waals surface area contributed by atoms with Gasteiger partial charge in [0.25, 0.3) is 0 Å². The van der Waals surface area contributed by atoms with Crippen LogP contribution >= 0.6 is 0 Å². The number of para-hydroxylation sites is 1. The molecule has 0 saturated carbocycles. The maximum atomic E-state index is 9.97. The Kier molecular flexibility index (Phi) is 3.56. The maximum Gasteiger partial charge on any atom is 0.121 e. The summed E-state index contributed by atoms with van der Waals surface area (Å²) in [4.78, 5) is 2.80. The molecule has 2 aromatic rings. The zero-order chi connectivity index (χ0) is 17.9. The van der Waals surface area contributed by atoms with Crippen LogP contribution in [0.1, 0.15) is 63.3 Å². The van der Waals surface area contributed by atoms with Crippen LogP contribution in [0.2, 0.25) is 0 Å². The topological polar surface area (TPSA) is 32.0 Å². The molecule has 0 radical (unpaired) electrons. The summed E-state index contributed by atoms with van der Waals surface area (Å²) in [7, 11) is 0. The second-order valence-electron chi connectivity index (χ2n) is 8.32. The molecule has 0 spiro atoms. The lowest BCUT2D eigenvalue weighted by Crippen LogP contribution is -2.54. The Hall–Kier alpha value is -2.05. The summed E-state index contributed by atoms with van der Waals surface area (Å²) >= 11 is 0. The standard InChI is InChI=1S/C23H27N3/c1-3-7-16-10-12-23(4-2)14-17(15-24)26-20-9-6-5-8-18(20)19-11-13-25(16)22(23)21(19)26/h5-6,8-9,14,16,22H,3-4,7,10-13H2,1-2H3/t16?,22-,23+/m1/s1. The van der Waals surface area contributed by atoms with E-state index in [1.165, 1.54) is 47.8 Å². The fraction of sp³-hybridized carbons (Fsp3) is 0.522. The fourth-order valence-electron chi connectivity index (χ4n) is 6.08. The van der Waals surface area contributed by atoms with E-state index in [1.807, 2.05) is 0 Å². The van der Waals surface area contributed by atoms with Crippen molar-refractivity contribution in [3.63, 3.8) is 0 Å². The second-order valence-corrected chi connectivity index (χ2v) is 8.32. The summed E-state index contributed by atoms with van der Waals surface area (Å²) in [6, 6.07) is 12.4. The van der Waals surface area contributed by atoms with Crippen molar-refractivity contribution in [2.45, 2.75) is 64.5 Å². The molecule has 5 rings (SSSR count). The van der Waals surface area contributed by atoms with Gasteiger partial charge in [-0.3, -0.25) is 4.90 Å². The minimum absolute atomic E-state index is 0.120. The first-order valence-corrected chi connectivity index (χ1v) is 10.3. The van der Waals surface area contributed by atoms with Gasteiger partial charge in [0.2, 0.25) is 0 Å². The third-order valence-corrected chi connectivity index (χ3v) is 7.25. The zero-order valence-electron chi connectivity index (χ0n) is 15.8. The molecular formula is C23H27N3. The van der Waals surface area contributed by atoms with E-state index < -0.39 is 0 Å². The van der Waals surface area contributed by atoms with Crippen LogP contribution in [0.15, 0.2) is 30.3 Å². The number of piperidine rings is 1. The van der Waals surface area contributed by atoms with Gasteiger partial charge in [-0.15, -0.1) is 0 Å². The van der Waals surface area contributed by atoms with E-state index >= 15 is 0 Å². The summed E-state index contributed by atoms with van der Waals surface area (Å²) in [5.74, 6) is 0. The van der Waals surface area contributed by atoms with Crippen molar-refractivity contribution in [3.05, 3.63) is 41.6 Å². The van der Waals surface area contributed by atoms with Gasteiger partial charge in [-0.1, -0.05) is 38.5 Å². The molecule has 3 aliphatic heterocycles. The summed E-state index contributed by atoms with van der Waals surface area (Å²) in [6.45, 7) is 5.78. The average Bonchev–Trinajstić information content (AvgIpc) is 3.03. The number of hydrogen-bond donors (Lipinski definition) is 0. The third-order valence-electron chi connectivity index (χ3n) is 7.25. The molecule has 4 heterocycles. The van der Waals surface area contributed by atoms with Crippen LogP contribution in [0.4, 0.5) is 0 Å². The van der Waals surface area contributed by atoms with Gasteiger partial charge in [-0.2, -0.15) is 5.26 Å². The van der Waals surface area contributed by atoms with Crippen molar-refractivity contribution in [3.8, 4) is 6.07 Å². The van der Waals surface area contributed by atoms with Gasteiger partial charge in [0.15, 0.2) is 0 Å². The Morgan fingerprint density at radius 1 is 1.27 bits per heavy atom. The molecule has 0 amide bonds. The molecule has 0 bridgehead atoms. The van der Waals surface area contributed by atoms with Gasteiger partial charge >= 0.3 is 0 Å². The monoisotopic (exact) mass is 345 g/mol. The van der Waals surface area contributed by atoms with E-state index in [0.717, 1.165) is 25.1 Å². The highest BCUT2D eigenvalue weighted by Gasteiger charge is 2.52. The molecule has 3 aliphatic rings. The van der Waals surface area contributed by atoms with Gasteiger partial charge < -0.3 is 4.57 Å². The number of allylic oxidation sites excluding steroid dienone is 1. The van der Waals surface area contributed by atoms with Crippen molar-refractivity contribution in [2.75, 3.05) is 6.54 Å². The van der Waals surface area contributed by atoms with Crippen LogP contribution in [0, 0.1) is 16.7 Å².